The van der Waals surface area contributed by atoms with Crippen molar-refractivity contribution in [3.05, 3.63) is 20.2 Å². The Morgan fingerprint density at radius 1 is 0.773 bits per heavy atom. The van der Waals surface area contributed by atoms with E-state index in [0.717, 1.165) is 0 Å². The summed E-state index contributed by atoms with van der Waals surface area (Å²) >= 11 is 0. The third-order valence-electron chi connectivity index (χ3n) is 2.32. The molecule has 0 radical (unpaired) electrons. The van der Waals surface area contributed by atoms with Gasteiger partial charge in [-0.2, -0.15) is 10.4 Å². The molecule has 22 heavy (non-hydrogen) atoms. The summed E-state index contributed by atoms with van der Waals surface area (Å²) in [4.78, 5) is 27.3. The van der Waals surface area contributed by atoms with Crippen LogP contribution < -0.4 is 0 Å². The van der Waals surface area contributed by atoms with Crippen LogP contribution in [0.5, 0.6) is 0 Å². The summed E-state index contributed by atoms with van der Waals surface area (Å²) in [5.41, 5.74) is -0.853. The van der Waals surface area contributed by atoms with Gasteiger partial charge >= 0.3 is 11.6 Å². The van der Waals surface area contributed by atoms with Crippen LogP contribution in [0.15, 0.2) is 0 Å². The van der Waals surface area contributed by atoms with E-state index in [1.807, 2.05) is 0 Å². The first kappa shape index (κ1) is 13.0. The molecule has 16 nitrogen and oxygen atoms in total. The first-order valence-corrected chi connectivity index (χ1v) is 5.26. The Morgan fingerprint density at radius 2 is 1.23 bits per heavy atom. The molecular weight excluding hydrogens is 304 g/mol. The first-order valence-electron chi connectivity index (χ1n) is 5.26. The molecule has 16 heteroatoms. The lowest BCUT2D eigenvalue weighted by atomic mass is 10.3. The first-order chi connectivity index (χ1) is 10.6. The van der Waals surface area contributed by atoms with Crippen LogP contribution in [0.4, 0.5) is 11.6 Å². The van der Waals surface area contributed by atoms with Crippen LogP contribution in [0, 0.1) is 20.2 Å². The number of hydrogen-bond acceptors (Lipinski definition) is 12. The topological polar surface area (TPSA) is 221 Å². The quantitative estimate of drug-likeness (QED) is 0.421. The summed E-state index contributed by atoms with van der Waals surface area (Å²) in [5.74, 6) is -2.33. The molecule has 0 spiro atoms. The van der Waals surface area contributed by atoms with Crippen molar-refractivity contribution in [3.8, 4) is 23.0 Å². The SMILES string of the molecule is O=[N+]([O-])c1nc([N+](=O)[O-])c(-c2nn[nH]n2)nc1-c1nn[nH]n1. The summed E-state index contributed by atoms with van der Waals surface area (Å²) < 4.78 is 0. The average Bonchev–Trinajstić information content (AvgIpc) is 3.19. The number of nitro groups is 2. The smallest absolute Gasteiger partial charge is 0.358 e. The summed E-state index contributed by atoms with van der Waals surface area (Å²) in [7, 11) is 0. The van der Waals surface area contributed by atoms with Gasteiger partial charge in [0.15, 0.2) is 0 Å². The molecule has 0 unspecified atom stereocenters. The minimum absolute atomic E-state index is 0.265. The van der Waals surface area contributed by atoms with Crippen molar-refractivity contribution in [1.82, 2.24) is 51.2 Å². The van der Waals surface area contributed by atoms with E-state index in [1.54, 1.807) is 0 Å². The number of nitrogens with zero attached hydrogens (tertiary/aromatic N) is 10. The second-order valence-corrected chi connectivity index (χ2v) is 3.55. The van der Waals surface area contributed by atoms with Crippen LogP contribution >= 0.6 is 0 Å². The molecule has 0 amide bonds. The fourth-order valence-corrected chi connectivity index (χ4v) is 1.50. The molecule has 0 saturated carbocycles. The van der Waals surface area contributed by atoms with Crippen LogP contribution in [-0.2, 0) is 0 Å². The maximum Gasteiger partial charge on any atom is 0.398 e. The zero-order valence-corrected chi connectivity index (χ0v) is 10.1. The van der Waals surface area contributed by atoms with Gasteiger partial charge in [-0.15, -0.1) is 20.4 Å². The molecule has 3 aromatic heterocycles. The van der Waals surface area contributed by atoms with Gasteiger partial charge in [0.2, 0.25) is 23.0 Å². The second-order valence-electron chi connectivity index (χ2n) is 3.55. The molecule has 0 aliphatic rings. The molecule has 0 aromatic carbocycles. The van der Waals surface area contributed by atoms with Gasteiger partial charge in [-0.3, -0.25) is 0 Å². The molecule has 3 heterocycles. The standard InChI is InChI=1S/C6H2N12O4/c19-17(20)5-1(3-9-13-14-10-3)7-2(4-11-15-16-12-4)6(8-5)18(21)22/h(H,9,10,13,14)(H,11,12,15,16). The molecule has 0 aliphatic heterocycles. The third kappa shape index (κ3) is 2.05. The molecule has 110 valence electrons. The number of rotatable bonds is 4. The van der Waals surface area contributed by atoms with Crippen molar-refractivity contribution in [3.63, 3.8) is 0 Å². The van der Waals surface area contributed by atoms with Gasteiger partial charge < -0.3 is 20.2 Å². The minimum atomic E-state index is -0.953. The van der Waals surface area contributed by atoms with Gasteiger partial charge in [0, 0.05) is 4.98 Å². The van der Waals surface area contributed by atoms with Crippen LogP contribution in [0.1, 0.15) is 0 Å². The van der Waals surface area contributed by atoms with E-state index in [0.29, 0.717) is 0 Å². The number of aromatic nitrogens is 10. The van der Waals surface area contributed by atoms with Crippen molar-refractivity contribution in [2.24, 2.45) is 0 Å². The van der Waals surface area contributed by atoms with Crippen LogP contribution in [-0.4, -0.2) is 61.1 Å². The van der Waals surface area contributed by atoms with Crippen molar-refractivity contribution in [2.75, 3.05) is 0 Å². The number of nitrogens with one attached hydrogen (secondary N) is 2. The molecule has 0 bridgehead atoms. The summed E-state index contributed by atoms with van der Waals surface area (Å²) in [6.07, 6.45) is 0. The predicted molar refractivity (Wildman–Crippen MR) is 61.7 cm³/mol. The fourth-order valence-electron chi connectivity index (χ4n) is 1.50. The average molecular weight is 306 g/mol. The largest absolute Gasteiger partial charge is 0.398 e. The highest BCUT2D eigenvalue weighted by Crippen LogP contribution is 2.31. The van der Waals surface area contributed by atoms with E-state index < -0.39 is 32.9 Å². The van der Waals surface area contributed by atoms with Gasteiger partial charge in [-0.05, 0) is 20.3 Å². The Balaban J connectivity index is 2.32. The highest BCUT2D eigenvalue weighted by atomic mass is 16.6. The Kier molecular flexibility index (Phi) is 2.87. The summed E-state index contributed by atoms with van der Waals surface area (Å²) in [6, 6.07) is 0. The Hall–Kier alpha value is -3.98. The molecule has 2 N–H and O–H groups in total. The van der Waals surface area contributed by atoms with Crippen LogP contribution in [0.25, 0.3) is 23.0 Å². The van der Waals surface area contributed by atoms with Crippen molar-refractivity contribution in [2.45, 2.75) is 0 Å². The normalized spacial score (nSPS) is 10.5. The summed E-state index contributed by atoms with van der Waals surface area (Å²) in [5, 5.41) is 46.9. The van der Waals surface area contributed by atoms with E-state index >= 15 is 0 Å². The monoisotopic (exact) mass is 306 g/mol. The predicted octanol–water partition coefficient (Wildman–Crippen LogP) is -1.35. The van der Waals surface area contributed by atoms with E-state index in [4.69, 9.17) is 0 Å². The zero-order valence-electron chi connectivity index (χ0n) is 10.1. The lowest BCUT2D eigenvalue weighted by Crippen LogP contribution is -2.06. The van der Waals surface area contributed by atoms with Crippen LogP contribution in [0.2, 0.25) is 0 Å². The lowest BCUT2D eigenvalue weighted by Gasteiger charge is -2.02. The number of aromatic amines is 2. The van der Waals surface area contributed by atoms with Gasteiger partial charge in [0.1, 0.15) is 0 Å². The Labute approximate surface area is 117 Å². The van der Waals surface area contributed by atoms with E-state index in [1.165, 1.54) is 0 Å². The molecule has 3 rings (SSSR count). The van der Waals surface area contributed by atoms with E-state index in [-0.39, 0.29) is 11.6 Å². The second kappa shape index (κ2) is 4.85. The zero-order chi connectivity index (χ0) is 15.7. The number of H-pyrrole nitrogens is 2. The van der Waals surface area contributed by atoms with Crippen molar-refractivity contribution >= 4 is 11.6 Å². The van der Waals surface area contributed by atoms with Crippen LogP contribution in [0.3, 0.4) is 0 Å². The molecule has 0 fully saturated rings. The maximum absolute atomic E-state index is 11.0. The number of hydrogen-bond donors (Lipinski definition) is 2. The van der Waals surface area contributed by atoms with Crippen molar-refractivity contribution in [1.29, 1.82) is 0 Å². The maximum atomic E-state index is 11.0. The molecular formula is C6H2N12O4. The van der Waals surface area contributed by atoms with Gasteiger partial charge in [-0.25, -0.2) is 4.98 Å². The molecule has 0 aliphatic carbocycles. The van der Waals surface area contributed by atoms with Gasteiger partial charge in [-0.1, -0.05) is 0 Å². The third-order valence-corrected chi connectivity index (χ3v) is 2.32. The lowest BCUT2D eigenvalue weighted by molar-refractivity contribution is -0.402. The molecule has 0 atom stereocenters. The highest BCUT2D eigenvalue weighted by Gasteiger charge is 2.32. The minimum Gasteiger partial charge on any atom is -0.358 e. The molecule has 0 saturated heterocycles. The van der Waals surface area contributed by atoms with E-state index in [9.17, 15) is 20.2 Å². The van der Waals surface area contributed by atoms with E-state index in [2.05, 4.69) is 51.2 Å². The highest BCUT2D eigenvalue weighted by molar-refractivity contribution is 5.69. The van der Waals surface area contributed by atoms with Gasteiger partial charge in [0.05, 0.1) is 0 Å². The van der Waals surface area contributed by atoms with Crippen molar-refractivity contribution < 1.29 is 9.85 Å². The summed E-state index contributed by atoms with van der Waals surface area (Å²) in [6.45, 7) is 0. The number of tetrazole rings is 2. The van der Waals surface area contributed by atoms with Gasteiger partial charge in [0.25, 0.3) is 0 Å². The Morgan fingerprint density at radius 3 is 1.55 bits per heavy atom. The molecule has 3 aromatic rings. The fraction of sp³-hybridized carbons (Fsp3) is 0. The Bertz CT molecular complexity index is 773.